The molecule has 0 nitrogen and oxygen atoms in total. The van der Waals surface area contributed by atoms with Gasteiger partial charge in [-0.25, -0.2) is 0 Å². The molecule has 122 valence electrons. The Labute approximate surface area is 162 Å². The Morgan fingerprint density at radius 1 is 0.857 bits per heavy atom. The molecule has 0 fully saturated rings. The average molecular weight is 385 g/mol. The van der Waals surface area contributed by atoms with E-state index < -0.39 is 0 Å². The van der Waals surface area contributed by atoms with Gasteiger partial charge in [0.15, 0.2) is 0 Å². The molecule has 0 saturated carbocycles. The summed E-state index contributed by atoms with van der Waals surface area (Å²) in [5.74, 6) is 0. The zero-order chi connectivity index (χ0) is 14.5. The summed E-state index contributed by atoms with van der Waals surface area (Å²) < 4.78 is 0. The van der Waals surface area contributed by atoms with E-state index in [-0.39, 0.29) is 54.5 Å². The van der Waals surface area contributed by atoms with Crippen molar-refractivity contribution < 1.29 is 46.5 Å². The number of halogens is 2. The largest absolute Gasteiger partial charge is 4.00 e. The summed E-state index contributed by atoms with van der Waals surface area (Å²) in [7, 11) is 0.212. The van der Waals surface area contributed by atoms with E-state index in [1.165, 1.54) is 22.3 Å². The van der Waals surface area contributed by atoms with E-state index in [2.05, 4.69) is 68.4 Å². The number of hydrogen-bond donors (Lipinski definition) is 0. The molecule has 21 heavy (non-hydrogen) atoms. The fraction of sp³-hybridized carbons (Fsp3) is 0.647. The fourth-order valence-electron chi connectivity index (χ4n) is 2.25. The van der Waals surface area contributed by atoms with E-state index in [1.54, 1.807) is 0 Å². The van der Waals surface area contributed by atoms with Crippen molar-refractivity contribution in [3.63, 3.8) is 0 Å². The Kier molecular flexibility index (Phi) is 20.9. The summed E-state index contributed by atoms with van der Waals surface area (Å²) in [5, 5.41) is 0. The van der Waals surface area contributed by atoms with Gasteiger partial charge in [-0.15, -0.1) is 7.92 Å². The van der Waals surface area contributed by atoms with Crippen molar-refractivity contribution in [1.29, 1.82) is 0 Å². The SMILES string of the molecule is Cc1[cH-]c(C)c(C)c1C.[CH2-]CP(C(C)C)C(C)C.[Cl-].[Cl-].[Ti+4]. The summed E-state index contributed by atoms with van der Waals surface area (Å²) in [5.41, 5.74) is 7.46. The van der Waals surface area contributed by atoms with Gasteiger partial charge in [0.1, 0.15) is 0 Å². The number of hydrogen-bond acceptors (Lipinski definition) is 0. The van der Waals surface area contributed by atoms with Gasteiger partial charge in [0, 0.05) is 0 Å². The van der Waals surface area contributed by atoms with Gasteiger partial charge in [0.05, 0.1) is 0 Å². The molecule has 0 heterocycles. The van der Waals surface area contributed by atoms with E-state index in [1.807, 2.05) is 0 Å². The number of aryl methyl sites for hydroxylation is 2. The van der Waals surface area contributed by atoms with E-state index in [0.29, 0.717) is 0 Å². The molecule has 4 heteroatoms. The summed E-state index contributed by atoms with van der Waals surface area (Å²) in [6.07, 6.45) is 1.14. The van der Waals surface area contributed by atoms with Gasteiger partial charge in [-0.05, 0) is 11.3 Å². The second-order valence-corrected chi connectivity index (χ2v) is 9.23. The van der Waals surface area contributed by atoms with Gasteiger partial charge in [-0.2, -0.15) is 34.5 Å². The fourth-order valence-corrected chi connectivity index (χ4v) is 4.47. The van der Waals surface area contributed by atoms with Crippen molar-refractivity contribution in [2.24, 2.45) is 0 Å². The predicted octanol–water partition coefficient (Wildman–Crippen LogP) is -0.236. The molecular formula is C17H31Cl2PTi. The van der Waals surface area contributed by atoms with Crippen LogP contribution in [-0.2, 0) is 21.7 Å². The first-order valence-corrected chi connectivity index (χ1v) is 8.63. The molecule has 0 N–H and O–H groups in total. The van der Waals surface area contributed by atoms with Crippen LogP contribution in [0, 0.1) is 34.6 Å². The Bertz CT molecular complexity index is 329. The van der Waals surface area contributed by atoms with Crippen LogP contribution in [0.3, 0.4) is 0 Å². The minimum atomic E-state index is 0. The van der Waals surface area contributed by atoms with Crippen molar-refractivity contribution in [2.75, 3.05) is 6.16 Å². The third-order valence-corrected chi connectivity index (χ3v) is 6.93. The maximum Gasteiger partial charge on any atom is 4.00 e. The zero-order valence-electron chi connectivity index (χ0n) is 14.8. The average Bonchev–Trinajstić information content (AvgIpc) is 2.46. The Hall–Kier alpha value is 1.07. The molecule has 0 spiro atoms. The molecule has 0 bridgehead atoms. The minimum absolute atomic E-state index is 0. The van der Waals surface area contributed by atoms with Gasteiger partial charge in [0.2, 0.25) is 0 Å². The summed E-state index contributed by atoms with van der Waals surface area (Å²) in [6, 6.07) is 2.24. The van der Waals surface area contributed by atoms with Gasteiger partial charge in [-0.1, -0.05) is 55.4 Å². The molecule has 1 aromatic carbocycles. The molecule has 0 amide bonds. The van der Waals surface area contributed by atoms with Crippen molar-refractivity contribution in [3.05, 3.63) is 35.2 Å². The van der Waals surface area contributed by atoms with Crippen molar-refractivity contribution in [1.82, 2.24) is 0 Å². The van der Waals surface area contributed by atoms with Crippen LogP contribution >= 0.6 is 7.92 Å². The topological polar surface area (TPSA) is 0 Å². The molecule has 0 aliphatic rings. The third-order valence-electron chi connectivity index (χ3n) is 3.76. The maximum absolute atomic E-state index is 3.96. The van der Waals surface area contributed by atoms with Crippen LogP contribution in [0.4, 0.5) is 0 Å². The van der Waals surface area contributed by atoms with Gasteiger partial charge in [-0.3, -0.25) is 0 Å². The van der Waals surface area contributed by atoms with Crippen molar-refractivity contribution in [3.8, 4) is 0 Å². The molecule has 0 atom stereocenters. The first-order chi connectivity index (χ1) is 8.22. The Balaban J connectivity index is -0.000000120. The molecule has 1 rings (SSSR count). The molecule has 0 aliphatic carbocycles. The van der Waals surface area contributed by atoms with E-state index in [0.717, 1.165) is 17.5 Å². The van der Waals surface area contributed by atoms with Crippen LogP contribution in [-0.4, -0.2) is 17.5 Å². The van der Waals surface area contributed by atoms with Crippen molar-refractivity contribution in [2.45, 2.75) is 66.7 Å². The van der Waals surface area contributed by atoms with E-state index in [4.69, 9.17) is 0 Å². The molecule has 0 aliphatic heterocycles. The van der Waals surface area contributed by atoms with Crippen LogP contribution in [0.25, 0.3) is 0 Å². The van der Waals surface area contributed by atoms with Gasteiger partial charge >= 0.3 is 21.7 Å². The quantitative estimate of drug-likeness (QED) is 0.383. The molecule has 0 aromatic heterocycles. The Morgan fingerprint density at radius 3 is 1.19 bits per heavy atom. The summed E-state index contributed by atoms with van der Waals surface area (Å²) in [4.78, 5) is 0. The predicted molar refractivity (Wildman–Crippen MR) is 88.4 cm³/mol. The number of rotatable bonds is 3. The monoisotopic (exact) mass is 384 g/mol. The first-order valence-electron chi connectivity index (χ1n) is 6.97. The zero-order valence-corrected chi connectivity index (χ0v) is 18.8. The van der Waals surface area contributed by atoms with Crippen LogP contribution < -0.4 is 24.8 Å². The van der Waals surface area contributed by atoms with Crippen molar-refractivity contribution >= 4 is 7.92 Å². The smallest absolute Gasteiger partial charge is 1.00 e. The molecule has 0 saturated heterocycles. The van der Waals surface area contributed by atoms with Gasteiger partial charge < -0.3 is 31.7 Å². The first kappa shape index (κ1) is 30.0. The van der Waals surface area contributed by atoms with Crippen LogP contribution in [0.5, 0.6) is 0 Å². The third kappa shape index (κ3) is 10.5. The summed E-state index contributed by atoms with van der Waals surface area (Å²) >= 11 is 0. The van der Waals surface area contributed by atoms with E-state index >= 15 is 0 Å². The van der Waals surface area contributed by atoms with Crippen LogP contribution in [0.1, 0.15) is 49.9 Å². The second-order valence-electron chi connectivity index (χ2n) is 5.69. The summed E-state index contributed by atoms with van der Waals surface area (Å²) in [6.45, 7) is 21.8. The molecular weight excluding hydrogens is 354 g/mol. The second kappa shape index (κ2) is 14.7. The molecule has 1 aromatic rings. The van der Waals surface area contributed by atoms with Crippen LogP contribution in [0.2, 0.25) is 0 Å². The standard InChI is InChI=1S/C9H13.C8H18P.2ClH.Ti/c1-6-5-7(2)9(4)8(6)3;1-6-9(7(2)3)8(4)5;;;/h5H,1-4H3;7-8H,1,6H2,2-5H3;2*1H;/q2*-1;;;+4/p-2. The van der Waals surface area contributed by atoms with Gasteiger partial charge in [0.25, 0.3) is 0 Å². The minimum Gasteiger partial charge on any atom is -1.00 e. The Morgan fingerprint density at radius 2 is 1.14 bits per heavy atom. The van der Waals surface area contributed by atoms with E-state index in [9.17, 15) is 0 Å². The normalized spacial score (nSPS) is 9.52. The maximum atomic E-state index is 3.96. The molecule has 0 radical (unpaired) electrons. The van der Waals surface area contributed by atoms with Crippen LogP contribution in [0.15, 0.2) is 6.07 Å². The molecule has 0 unspecified atom stereocenters.